The quantitative estimate of drug-likeness (QED) is 0.363. The lowest BCUT2D eigenvalue weighted by atomic mass is 9.81. The van der Waals surface area contributed by atoms with Crippen LogP contribution in [-0.4, -0.2) is 61.9 Å². The molecule has 3 aliphatic rings. The molecule has 43 heavy (non-hydrogen) atoms. The highest BCUT2D eigenvalue weighted by Gasteiger charge is 2.57. The standard InChI is InChI=1S/C32H29F2N5O4/c1-32-18-36(29(40)21-2-4-22(5-3-21)31(42)43)14-15-37(32)30(41)27-17-38-28(39(27)32)25(19-6-10-23(33)11-7-19)16-26(35-38)20-8-12-24(34)13-9-20/h6-13,16-17,21-22H,2-5,14-15,18H2,1H3/p+1. The Morgan fingerprint density at radius 1 is 0.930 bits per heavy atom. The fourth-order valence-corrected chi connectivity index (χ4v) is 7.03. The summed E-state index contributed by atoms with van der Waals surface area (Å²) in [6.07, 6.45) is 3.70. The summed E-state index contributed by atoms with van der Waals surface area (Å²) in [4.78, 5) is 42.5. The summed E-state index contributed by atoms with van der Waals surface area (Å²) in [6, 6.07) is 13.9. The van der Waals surface area contributed by atoms with E-state index in [-0.39, 0.29) is 35.9 Å². The highest BCUT2D eigenvalue weighted by atomic mass is 19.1. The molecule has 0 bridgehead atoms. The maximum Gasteiger partial charge on any atom is 0.317 e. The number of nitrogens with zero attached hydrogens (tertiary/aromatic N) is 5. The number of hydrogen-bond donors (Lipinski definition) is 1. The number of fused-ring (bicyclic) bond motifs is 5. The average Bonchev–Trinajstić information content (AvgIpc) is 3.50. The molecule has 1 unspecified atom stereocenters. The van der Waals surface area contributed by atoms with Crippen molar-refractivity contribution in [2.45, 2.75) is 38.3 Å². The zero-order valence-corrected chi connectivity index (χ0v) is 23.5. The summed E-state index contributed by atoms with van der Waals surface area (Å²) in [6.45, 7) is 2.94. The van der Waals surface area contributed by atoms with Crippen molar-refractivity contribution >= 4 is 23.4 Å². The number of carbonyl (C=O) groups is 3. The van der Waals surface area contributed by atoms with Crippen LogP contribution in [0.15, 0.2) is 60.8 Å². The molecule has 2 aromatic heterocycles. The largest absolute Gasteiger partial charge is 0.481 e. The van der Waals surface area contributed by atoms with Crippen molar-refractivity contribution < 1.29 is 32.8 Å². The molecule has 0 spiro atoms. The van der Waals surface area contributed by atoms with E-state index in [9.17, 15) is 28.3 Å². The Kier molecular flexibility index (Phi) is 6.30. The number of carboxylic acid groups (broad SMARTS) is 1. The number of piperazine rings is 1. The van der Waals surface area contributed by atoms with Crippen molar-refractivity contribution in [2.24, 2.45) is 11.8 Å². The third-order valence-corrected chi connectivity index (χ3v) is 9.30. The molecule has 1 saturated heterocycles. The molecule has 2 fully saturated rings. The van der Waals surface area contributed by atoms with Crippen LogP contribution in [0.3, 0.4) is 0 Å². The van der Waals surface area contributed by atoms with Crippen LogP contribution >= 0.6 is 0 Å². The number of carboxylic acids is 1. The van der Waals surface area contributed by atoms with Crippen molar-refractivity contribution in [3.63, 3.8) is 0 Å². The molecular formula is C32H30F2N5O4+. The SMILES string of the molecule is CC12CN(C(=O)C3CCC(C(=O)O)CC3)CCN1C(=O)c1cn3nc(-c4ccc(F)cc4)cc(-c4ccc(F)cc4)c3[n+]12. The van der Waals surface area contributed by atoms with Crippen LogP contribution in [0.25, 0.3) is 28.0 Å². The second kappa shape index (κ2) is 9.96. The maximum absolute atomic E-state index is 13.9. The second-order valence-electron chi connectivity index (χ2n) is 11.9. The van der Waals surface area contributed by atoms with Crippen molar-refractivity contribution in [3.05, 3.63) is 78.1 Å². The lowest BCUT2D eigenvalue weighted by Crippen LogP contribution is -2.69. The van der Waals surface area contributed by atoms with Gasteiger partial charge in [0.2, 0.25) is 17.3 Å². The first-order valence-electron chi connectivity index (χ1n) is 14.5. The fourth-order valence-electron chi connectivity index (χ4n) is 7.03. The predicted octanol–water partition coefficient (Wildman–Crippen LogP) is 4.10. The Labute approximate surface area is 246 Å². The minimum atomic E-state index is -0.915. The topological polar surface area (TPSA) is 99.1 Å². The smallest absolute Gasteiger partial charge is 0.317 e. The molecule has 1 aliphatic carbocycles. The molecule has 1 saturated carbocycles. The van der Waals surface area contributed by atoms with E-state index in [4.69, 9.17) is 5.10 Å². The van der Waals surface area contributed by atoms with Crippen molar-refractivity contribution in [2.75, 3.05) is 19.6 Å². The summed E-state index contributed by atoms with van der Waals surface area (Å²) in [5.41, 5.74) is 2.75. The molecule has 4 heterocycles. The Hall–Kier alpha value is -4.67. The van der Waals surface area contributed by atoms with Gasteiger partial charge in [0.05, 0.1) is 18.0 Å². The van der Waals surface area contributed by atoms with Crippen molar-refractivity contribution in [1.82, 2.24) is 19.4 Å². The van der Waals surface area contributed by atoms with Gasteiger partial charge in [-0.2, -0.15) is 4.57 Å². The van der Waals surface area contributed by atoms with Crippen LogP contribution in [0, 0.1) is 23.5 Å². The van der Waals surface area contributed by atoms with E-state index in [0.717, 1.165) is 0 Å². The number of aliphatic carboxylic acids is 1. The Morgan fingerprint density at radius 3 is 2.16 bits per heavy atom. The van der Waals surface area contributed by atoms with Gasteiger partial charge in [0.25, 0.3) is 0 Å². The van der Waals surface area contributed by atoms with Crippen LogP contribution in [0.2, 0.25) is 0 Å². The molecule has 0 radical (unpaired) electrons. The Bertz CT molecular complexity index is 1780. The molecule has 1 N–H and O–H groups in total. The minimum absolute atomic E-state index is 0.00907. The molecular weight excluding hydrogens is 556 g/mol. The third kappa shape index (κ3) is 4.36. The third-order valence-electron chi connectivity index (χ3n) is 9.30. The zero-order valence-electron chi connectivity index (χ0n) is 23.5. The highest BCUT2D eigenvalue weighted by molar-refractivity contribution is 5.94. The van der Waals surface area contributed by atoms with Crippen LogP contribution < -0.4 is 4.57 Å². The molecule has 1 atom stereocenters. The van der Waals surface area contributed by atoms with Gasteiger partial charge < -0.3 is 10.0 Å². The van der Waals surface area contributed by atoms with Gasteiger partial charge in [-0.3, -0.25) is 19.3 Å². The van der Waals surface area contributed by atoms with E-state index in [1.165, 1.54) is 24.3 Å². The van der Waals surface area contributed by atoms with Gasteiger partial charge in [-0.05, 0) is 73.7 Å². The Balaban J connectivity index is 1.32. The first-order chi connectivity index (χ1) is 20.6. The van der Waals surface area contributed by atoms with Gasteiger partial charge in [0.15, 0.2) is 6.20 Å². The average molecular weight is 587 g/mol. The summed E-state index contributed by atoms with van der Waals surface area (Å²) >= 11 is 0. The summed E-state index contributed by atoms with van der Waals surface area (Å²) in [5, 5.41) is 14.2. The van der Waals surface area contributed by atoms with E-state index < -0.39 is 17.6 Å². The molecule has 2 aliphatic heterocycles. The molecule has 220 valence electrons. The van der Waals surface area contributed by atoms with Crippen LogP contribution in [0.4, 0.5) is 8.78 Å². The van der Waals surface area contributed by atoms with Gasteiger partial charge in [0.1, 0.15) is 17.3 Å². The predicted molar refractivity (Wildman–Crippen MR) is 151 cm³/mol. The van der Waals surface area contributed by atoms with E-state index in [0.29, 0.717) is 72.5 Å². The van der Waals surface area contributed by atoms with Crippen LogP contribution in [0.1, 0.15) is 43.1 Å². The molecule has 7 rings (SSSR count). The van der Waals surface area contributed by atoms with Gasteiger partial charge in [-0.25, -0.2) is 8.78 Å². The first-order valence-corrected chi connectivity index (χ1v) is 14.5. The van der Waals surface area contributed by atoms with Gasteiger partial charge in [-0.1, -0.05) is 21.7 Å². The van der Waals surface area contributed by atoms with Gasteiger partial charge >= 0.3 is 17.5 Å². The molecule has 4 aromatic rings. The van der Waals surface area contributed by atoms with E-state index >= 15 is 0 Å². The number of hydrogen-bond acceptors (Lipinski definition) is 4. The molecule has 11 heteroatoms. The summed E-state index contributed by atoms with van der Waals surface area (Å²) < 4.78 is 31.2. The fraction of sp³-hybridized carbons (Fsp3) is 0.344. The molecule has 2 amide bonds. The number of halogens is 2. The minimum Gasteiger partial charge on any atom is -0.481 e. The van der Waals surface area contributed by atoms with Gasteiger partial charge in [0, 0.05) is 31.5 Å². The monoisotopic (exact) mass is 586 g/mol. The van der Waals surface area contributed by atoms with Crippen LogP contribution in [0.5, 0.6) is 0 Å². The summed E-state index contributed by atoms with van der Waals surface area (Å²) in [5.74, 6) is -2.39. The van der Waals surface area contributed by atoms with E-state index in [1.807, 2.05) is 17.6 Å². The number of aromatic nitrogens is 3. The number of carbonyl (C=O) groups excluding carboxylic acids is 2. The lowest BCUT2D eigenvalue weighted by molar-refractivity contribution is -0.749. The molecule has 9 nitrogen and oxygen atoms in total. The second-order valence-corrected chi connectivity index (χ2v) is 11.9. The normalized spacial score (nSPS) is 23.4. The van der Waals surface area contributed by atoms with Gasteiger partial charge in [-0.15, -0.1) is 0 Å². The first kappa shape index (κ1) is 27.2. The number of imidazole rings is 1. The summed E-state index contributed by atoms with van der Waals surface area (Å²) in [7, 11) is 0. The van der Waals surface area contributed by atoms with Crippen molar-refractivity contribution in [3.8, 4) is 22.4 Å². The number of rotatable bonds is 4. The number of benzene rings is 2. The lowest BCUT2D eigenvalue weighted by Gasteiger charge is -2.44. The van der Waals surface area contributed by atoms with E-state index in [2.05, 4.69) is 0 Å². The highest BCUT2D eigenvalue weighted by Crippen LogP contribution is 2.37. The van der Waals surface area contributed by atoms with Crippen LogP contribution in [-0.2, 0) is 15.3 Å². The zero-order chi connectivity index (χ0) is 30.0. The number of amides is 2. The Morgan fingerprint density at radius 2 is 1.53 bits per heavy atom. The van der Waals surface area contributed by atoms with E-state index in [1.54, 1.807) is 44.8 Å². The van der Waals surface area contributed by atoms with Crippen molar-refractivity contribution in [1.29, 1.82) is 0 Å². The maximum atomic E-state index is 13.9. The molecule has 2 aromatic carbocycles.